The predicted octanol–water partition coefficient (Wildman–Crippen LogP) is 3.67. The molecule has 0 aliphatic heterocycles. The summed E-state index contributed by atoms with van der Waals surface area (Å²) in [6.45, 7) is 3.91. The standard InChI is InChI=1S/C16H17BrN2O2/c1-10-7-11(2)16(14(17)8-10)21-9-15(20)19-13-5-3-12(18)4-6-13/h3-8H,9,18H2,1-2H3,(H,19,20). The Bertz CT molecular complexity index is 631. The molecule has 0 unspecified atom stereocenters. The first-order valence-corrected chi connectivity index (χ1v) is 7.30. The second kappa shape index (κ2) is 6.63. The van der Waals surface area contributed by atoms with Crippen molar-refractivity contribution >= 4 is 33.2 Å². The number of benzene rings is 2. The average Bonchev–Trinajstić information content (AvgIpc) is 2.40. The molecule has 0 aliphatic rings. The van der Waals surface area contributed by atoms with Crippen molar-refractivity contribution in [1.82, 2.24) is 0 Å². The van der Waals surface area contributed by atoms with Crippen molar-refractivity contribution < 1.29 is 9.53 Å². The molecule has 2 rings (SSSR count). The largest absolute Gasteiger partial charge is 0.482 e. The normalized spacial score (nSPS) is 10.2. The molecular weight excluding hydrogens is 332 g/mol. The number of nitrogens with one attached hydrogen (secondary N) is 1. The second-order valence-electron chi connectivity index (χ2n) is 4.85. The van der Waals surface area contributed by atoms with Crippen molar-refractivity contribution in [3.8, 4) is 5.75 Å². The van der Waals surface area contributed by atoms with Crippen molar-refractivity contribution in [3.05, 3.63) is 52.0 Å². The summed E-state index contributed by atoms with van der Waals surface area (Å²) < 4.78 is 6.44. The third-order valence-corrected chi connectivity index (χ3v) is 3.50. The zero-order chi connectivity index (χ0) is 15.4. The van der Waals surface area contributed by atoms with E-state index >= 15 is 0 Å². The first kappa shape index (κ1) is 15.4. The summed E-state index contributed by atoms with van der Waals surface area (Å²) in [7, 11) is 0. The highest BCUT2D eigenvalue weighted by Crippen LogP contribution is 2.30. The van der Waals surface area contributed by atoms with Gasteiger partial charge in [-0.2, -0.15) is 0 Å². The first-order valence-electron chi connectivity index (χ1n) is 6.50. The fourth-order valence-electron chi connectivity index (χ4n) is 1.99. The van der Waals surface area contributed by atoms with Crippen LogP contribution in [0.1, 0.15) is 11.1 Å². The maximum atomic E-state index is 11.9. The number of carbonyl (C=O) groups is 1. The number of nitrogens with two attached hydrogens (primary N) is 1. The molecule has 5 heteroatoms. The quantitative estimate of drug-likeness (QED) is 0.828. The molecule has 0 bridgehead atoms. The van der Waals surface area contributed by atoms with Crippen LogP contribution in [0.5, 0.6) is 5.75 Å². The van der Waals surface area contributed by atoms with Crippen molar-refractivity contribution in [3.63, 3.8) is 0 Å². The van der Waals surface area contributed by atoms with Crippen LogP contribution >= 0.6 is 15.9 Å². The molecule has 0 fully saturated rings. The van der Waals surface area contributed by atoms with Crippen molar-refractivity contribution in [2.45, 2.75) is 13.8 Å². The minimum absolute atomic E-state index is 0.0487. The number of rotatable bonds is 4. The average molecular weight is 349 g/mol. The lowest BCUT2D eigenvalue weighted by molar-refractivity contribution is -0.118. The molecule has 2 aromatic carbocycles. The fourth-order valence-corrected chi connectivity index (χ4v) is 2.77. The summed E-state index contributed by atoms with van der Waals surface area (Å²) in [6, 6.07) is 10.9. The Balaban J connectivity index is 1.97. The third-order valence-electron chi connectivity index (χ3n) is 2.92. The van der Waals surface area contributed by atoms with Crippen LogP contribution in [0.15, 0.2) is 40.9 Å². The van der Waals surface area contributed by atoms with Crippen molar-refractivity contribution in [2.75, 3.05) is 17.7 Å². The lowest BCUT2D eigenvalue weighted by Gasteiger charge is -2.12. The van der Waals surface area contributed by atoms with Crippen LogP contribution in [0.4, 0.5) is 11.4 Å². The Morgan fingerprint density at radius 2 is 1.90 bits per heavy atom. The lowest BCUT2D eigenvalue weighted by Crippen LogP contribution is -2.20. The molecule has 0 saturated heterocycles. The van der Waals surface area contributed by atoms with Crippen LogP contribution < -0.4 is 15.8 Å². The molecule has 4 nitrogen and oxygen atoms in total. The molecule has 0 saturated carbocycles. The third kappa shape index (κ3) is 4.23. The lowest BCUT2D eigenvalue weighted by atomic mass is 10.1. The maximum Gasteiger partial charge on any atom is 0.262 e. The van der Waals surface area contributed by atoms with E-state index in [4.69, 9.17) is 10.5 Å². The van der Waals surface area contributed by atoms with Crippen molar-refractivity contribution in [2.24, 2.45) is 0 Å². The smallest absolute Gasteiger partial charge is 0.262 e. The van der Waals surface area contributed by atoms with E-state index in [1.807, 2.05) is 26.0 Å². The van der Waals surface area contributed by atoms with Crippen LogP contribution in [0.2, 0.25) is 0 Å². The highest BCUT2D eigenvalue weighted by molar-refractivity contribution is 9.10. The van der Waals surface area contributed by atoms with Gasteiger partial charge >= 0.3 is 0 Å². The van der Waals surface area contributed by atoms with Gasteiger partial charge in [-0.15, -0.1) is 0 Å². The summed E-state index contributed by atoms with van der Waals surface area (Å²) in [5.74, 6) is 0.472. The number of nitrogen functional groups attached to an aromatic ring is 1. The van der Waals surface area contributed by atoms with Crippen LogP contribution in [0, 0.1) is 13.8 Å². The molecule has 1 amide bonds. The van der Waals surface area contributed by atoms with Crippen LogP contribution in [-0.4, -0.2) is 12.5 Å². The minimum Gasteiger partial charge on any atom is -0.482 e. The molecule has 0 spiro atoms. The van der Waals surface area contributed by atoms with E-state index in [-0.39, 0.29) is 12.5 Å². The number of ether oxygens (including phenoxy) is 1. The Morgan fingerprint density at radius 1 is 1.24 bits per heavy atom. The molecule has 0 aliphatic carbocycles. The Labute approximate surface area is 132 Å². The summed E-state index contributed by atoms with van der Waals surface area (Å²) in [5.41, 5.74) is 9.07. The molecule has 2 aromatic rings. The number of anilines is 2. The molecule has 3 N–H and O–H groups in total. The molecule has 21 heavy (non-hydrogen) atoms. The van der Waals surface area contributed by atoms with Gasteiger partial charge in [0, 0.05) is 11.4 Å². The van der Waals surface area contributed by atoms with Gasteiger partial charge in [0.15, 0.2) is 6.61 Å². The van der Waals surface area contributed by atoms with E-state index in [9.17, 15) is 4.79 Å². The molecule has 0 atom stereocenters. The van der Waals surface area contributed by atoms with E-state index < -0.39 is 0 Å². The van der Waals surface area contributed by atoms with E-state index in [1.165, 1.54) is 0 Å². The van der Waals surface area contributed by atoms with Gasteiger partial charge in [-0.25, -0.2) is 0 Å². The van der Waals surface area contributed by atoms with E-state index in [2.05, 4.69) is 21.2 Å². The summed E-state index contributed by atoms with van der Waals surface area (Å²) in [4.78, 5) is 11.9. The number of hydrogen-bond acceptors (Lipinski definition) is 3. The number of amides is 1. The fraction of sp³-hybridized carbons (Fsp3) is 0.188. The van der Waals surface area contributed by atoms with Crippen molar-refractivity contribution in [1.29, 1.82) is 0 Å². The summed E-state index contributed by atoms with van der Waals surface area (Å²) >= 11 is 3.45. The number of hydrogen-bond donors (Lipinski definition) is 2. The molecule has 110 valence electrons. The maximum absolute atomic E-state index is 11.9. The van der Waals surface area contributed by atoms with Gasteiger partial charge in [-0.1, -0.05) is 6.07 Å². The van der Waals surface area contributed by atoms with Gasteiger partial charge in [-0.05, 0) is 71.2 Å². The number of carbonyl (C=O) groups excluding carboxylic acids is 1. The zero-order valence-corrected chi connectivity index (χ0v) is 13.5. The van der Waals surface area contributed by atoms with Gasteiger partial charge in [0.05, 0.1) is 4.47 Å². The molecule has 0 heterocycles. The van der Waals surface area contributed by atoms with Gasteiger partial charge in [0.1, 0.15) is 5.75 Å². The molecule has 0 aromatic heterocycles. The van der Waals surface area contributed by atoms with Crippen LogP contribution in [0.3, 0.4) is 0 Å². The minimum atomic E-state index is -0.216. The highest BCUT2D eigenvalue weighted by Gasteiger charge is 2.09. The highest BCUT2D eigenvalue weighted by atomic mass is 79.9. The molecular formula is C16H17BrN2O2. The SMILES string of the molecule is Cc1cc(C)c(OCC(=O)Nc2ccc(N)cc2)c(Br)c1. The summed E-state index contributed by atoms with van der Waals surface area (Å²) in [5, 5.41) is 2.75. The second-order valence-corrected chi connectivity index (χ2v) is 5.71. The number of aryl methyl sites for hydroxylation is 2. The van der Waals surface area contributed by atoms with Gasteiger partial charge in [0.2, 0.25) is 0 Å². The summed E-state index contributed by atoms with van der Waals surface area (Å²) in [6.07, 6.45) is 0. The van der Waals surface area contributed by atoms with Gasteiger partial charge in [0.25, 0.3) is 5.91 Å². The Hall–Kier alpha value is -2.01. The Morgan fingerprint density at radius 3 is 2.52 bits per heavy atom. The van der Waals surface area contributed by atoms with Crippen LogP contribution in [0.25, 0.3) is 0 Å². The zero-order valence-electron chi connectivity index (χ0n) is 11.9. The van der Waals surface area contributed by atoms with Gasteiger partial charge < -0.3 is 15.8 Å². The monoisotopic (exact) mass is 348 g/mol. The number of halogens is 1. The van der Waals surface area contributed by atoms with Crippen LogP contribution in [-0.2, 0) is 4.79 Å². The van der Waals surface area contributed by atoms with Gasteiger partial charge in [-0.3, -0.25) is 4.79 Å². The van der Waals surface area contributed by atoms with E-state index in [1.54, 1.807) is 24.3 Å². The molecule has 0 radical (unpaired) electrons. The first-order chi connectivity index (χ1) is 9.95. The van der Waals surface area contributed by atoms with E-state index in [0.717, 1.165) is 15.6 Å². The predicted molar refractivity (Wildman–Crippen MR) is 88.6 cm³/mol. The topological polar surface area (TPSA) is 64.3 Å². The van der Waals surface area contributed by atoms with E-state index in [0.29, 0.717) is 17.1 Å². The Kier molecular flexibility index (Phi) is 4.85.